The Morgan fingerprint density at radius 1 is 1.20 bits per heavy atom. The van der Waals surface area contributed by atoms with Crippen LogP contribution in [0.15, 0.2) is 42.5 Å². The first-order valence-electron chi connectivity index (χ1n) is 5.80. The molecule has 0 amide bonds. The maximum atomic E-state index is 10.8. The molecule has 0 aliphatic carbocycles. The van der Waals surface area contributed by atoms with Crippen LogP contribution in [0.3, 0.4) is 0 Å². The lowest BCUT2D eigenvalue weighted by Gasteiger charge is -2.10. The Bertz CT molecular complexity index is 616. The van der Waals surface area contributed by atoms with Gasteiger partial charge < -0.3 is 9.47 Å². The van der Waals surface area contributed by atoms with Crippen LogP contribution in [-0.4, -0.2) is 12.0 Å². The molecule has 2 aromatic carbocycles. The summed E-state index contributed by atoms with van der Waals surface area (Å²) in [6, 6.07) is 12.2. The van der Waals surface area contributed by atoms with Gasteiger partial charge in [-0.1, -0.05) is 41.9 Å². The van der Waals surface area contributed by atoms with E-state index in [0.717, 1.165) is 5.56 Å². The van der Waals surface area contributed by atoms with E-state index in [0.29, 0.717) is 12.4 Å². The summed E-state index contributed by atoms with van der Waals surface area (Å²) < 4.78 is 10.5. The lowest BCUT2D eigenvalue weighted by molar-refractivity contribution is -0.385. The van der Waals surface area contributed by atoms with Gasteiger partial charge in [0.25, 0.3) is 0 Å². The summed E-state index contributed by atoms with van der Waals surface area (Å²) >= 11 is 5.98. The van der Waals surface area contributed by atoms with Crippen molar-refractivity contribution in [3.8, 4) is 11.5 Å². The number of hydrogen-bond donors (Lipinski definition) is 0. The number of halogens is 1. The summed E-state index contributed by atoms with van der Waals surface area (Å²) in [6.07, 6.45) is 0. The van der Waals surface area contributed by atoms with Gasteiger partial charge in [-0.25, -0.2) is 0 Å². The quantitative estimate of drug-likeness (QED) is 0.621. The summed E-state index contributed by atoms with van der Waals surface area (Å²) in [7, 11) is 1.36. The Kier molecular flexibility index (Phi) is 4.42. The summed E-state index contributed by atoms with van der Waals surface area (Å²) in [4.78, 5) is 10.3. The molecule has 2 aromatic rings. The fourth-order valence-corrected chi connectivity index (χ4v) is 1.89. The molecule has 0 heterocycles. The van der Waals surface area contributed by atoms with Crippen molar-refractivity contribution in [3.05, 3.63) is 63.2 Å². The van der Waals surface area contributed by atoms with E-state index in [1.54, 1.807) is 0 Å². The molecule has 0 fully saturated rings. The largest absolute Gasteiger partial charge is 0.490 e. The highest BCUT2D eigenvalue weighted by Gasteiger charge is 2.19. The highest BCUT2D eigenvalue weighted by atomic mass is 35.5. The van der Waals surface area contributed by atoms with Crippen LogP contribution in [0.4, 0.5) is 5.69 Å². The minimum absolute atomic E-state index is 0.113. The molecule has 20 heavy (non-hydrogen) atoms. The van der Waals surface area contributed by atoms with Crippen LogP contribution in [-0.2, 0) is 6.61 Å². The average Bonchev–Trinajstić information content (AvgIpc) is 2.46. The number of methoxy groups -OCH3 is 1. The zero-order valence-corrected chi connectivity index (χ0v) is 11.5. The van der Waals surface area contributed by atoms with Gasteiger partial charge in [0.1, 0.15) is 12.4 Å². The van der Waals surface area contributed by atoms with Gasteiger partial charge in [0.05, 0.1) is 17.1 Å². The highest BCUT2D eigenvalue weighted by molar-refractivity contribution is 6.32. The molecule has 0 radical (unpaired) electrons. The SMILES string of the molecule is COc1cc(OCc2ccccc2)c(Cl)cc1[N+](=O)[O-]. The van der Waals surface area contributed by atoms with E-state index in [1.165, 1.54) is 19.2 Å². The van der Waals surface area contributed by atoms with Gasteiger partial charge in [-0.15, -0.1) is 0 Å². The molecule has 5 nitrogen and oxygen atoms in total. The summed E-state index contributed by atoms with van der Waals surface area (Å²) in [5.41, 5.74) is 0.783. The van der Waals surface area contributed by atoms with Crippen LogP contribution in [0.1, 0.15) is 5.56 Å². The maximum Gasteiger partial charge on any atom is 0.312 e. The van der Waals surface area contributed by atoms with Gasteiger partial charge >= 0.3 is 5.69 Å². The maximum absolute atomic E-state index is 10.8. The first-order valence-corrected chi connectivity index (χ1v) is 6.18. The topological polar surface area (TPSA) is 61.6 Å². The van der Waals surface area contributed by atoms with Gasteiger partial charge in [0, 0.05) is 12.1 Å². The zero-order chi connectivity index (χ0) is 14.5. The normalized spacial score (nSPS) is 10.1. The van der Waals surface area contributed by atoms with Gasteiger partial charge in [0.2, 0.25) is 5.75 Å². The van der Waals surface area contributed by atoms with E-state index in [1.807, 2.05) is 30.3 Å². The number of rotatable bonds is 5. The molecule has 6 heteroatoms. The third kappa shape index (κ3) is 3.19. The van der Waals surface area contributed by atoms with Gasteiger partial charge in [-0.3, -0.25) is 10.1 Å². The molecule has 0 spiro atoms. The molecule has 0 saturated heterocycles. The van der Waals surface area contributed by atoms with E-state index in [4.69, 9.17) is 21.1 Å². The summed E-state index contributed by atoms with van der Waals surface area (Å²) in [5.74, 6) is 0.459. The molecule has 2 rings (SSSR count). The highest BCUT2D eigenvalue weighted by Crippen LogP contribution is 2.37. The zero-order valence-electron chi connectivity index (χ0n) is 10.7. The Hall–Kier alpha value is -2.27. The number of ether oxygens (including phenoxy) is 2. The van der Waals surface area contributed by atoms with E-state index in [2.05, 4.69) is 0 Å². The van der Waals surface area contributed by atoms with Crippen LogP contribution in [0.25, 0.3) is 0 Å². The number of benzene rings is 2. The minimum atomic E-state index is -0.550. The lowest BCUT2D eigenvalue weighted by atomic mass is 10.2. The van der Waals surface area contributed by atoms with Crippen molar-refractivity contribution < 1.29 is 14.4 Å². The minimum Gasteiger partial charge on any atom is -0.490 e. The Labute approximate surface area is 120 Å². The molecule has 0 N–H and O–H groups in total. The van der Waals surface area contributed by atoms with Gasteiger partial charge in [-0.05, 0) is 5.56 Å². The van der Waals surface area contributed by atoms with Gasteiger partial charge in [-0.2, -0.15) is 0 Å². The van der Waals surface area contributed by atoms with Crippen LogP contribution >= 0.6 is 11.6 Å². The summed E-state index contributed by atoms with van der Waals surface area (Å²) in [6.45, 7) is 0.321. The number of hydrogen-bond acceptors (Lipinski definition) is 4. The third-order valence-corrected chi connectivity index (χ3v) is 2.96. The van der Waals surface area contributed by atoms with Crippen LogP contribution in [0.2, 0.25) is 5.02 Å². The molecule has 0 unspecified atom stereocenters. The van der Waals surface area contributed by atoms with Crippen molar-refractivity contribution in [1.29, 1.82) is 0 Å². The van der Waals surface area contributed by atoms with Crippen LogP contribution in [0.5, 0.6) is 11.5 Å². The molecule has 0 saturated carbocycles. The fourth-order valence-electron chi connectivity index (χ4n) is 1.68. The Balaban J connectivity index is 2.22. The van der Waals surface area contributed by atoms with Crippen molar-refractivity contribution in [2.24, 2.45) is 0 Å². The molecule has 0 aliphatic rings. The third-order valence-electron chi connectivity index (χ3n) is 2.67. The van der Waals surface area contributed by atoms with Crippen molar-refractivity contribution >= 4 is 17.3 Å². The second-order valence-corrected chi connectivity index (χ2v) is 4.39. The average molecular weight is 294 g/mol. The molecular formula is C14H12ClNO4. The molecular weight excluding hydrogens is 282 g/mol. The fraction of sp³-hybridized carbons (Fsp3) is 0.143. The standard InChI is InChI=1S/C14H12ClNO4/c1-19-14-8-13(11(15)7-12(14)16(17)18)20-9-10-5-3-2-4-6-10/h2-8H,9H2,1H3. The van der Waals surface area contributed by atoms with E-state index in [-0.39, 0.29) is 16.5 Å². The number of nitrogens with zero attached hydrogens (tertiary/aromatic N) is 1. The molecule has 0 bridgehead atoms. The predicted octanol–water partition coefficient (Wildman–Crippen LogP) is 3.84. The Morgan fingerprint density at radius 2 is 1.90 bits per heavy atom. The second kappa shape index (κ2) is 6.25. The Morgan fingerprint density at radius 3 is 2.50 bits per heavy atom. The van der Waals surface area contributed by atoms with Crippen LogP contribution in [0, 0.1) is 10.1 Å². The number of nitro benzene ring substituents is 1. The first-order chi connectivity index (χ1) is 9.61. The smallest absolute Gasteiger partial charge is 0.312 e. The molecule has 0 aliphatic heterocycles. The second-order valence-electron chi connectivity index (χ2n) is 3.99. The number of nitro groups is 1. The summed E-state index contributed by atoms with van der Waals surface area (Å²) in [5, 5.41) is 11.0. The van der Waals surface area contributed by atoms with E-state index < -0.39 is 4.92 Å². The van der Waals surface area contributed by atoms with Gasteiger partial charge in [0.15, 0.2) is 0 Å². The first kappa shape index (κ1) is 14.1. The predicted molar refractivity (Wildman–Crippen MR) is 75.4 cm³/mol. The molecule has 0 atom stereocenters. The van der Waals surface area contributed by atoms with Crippen molar-refractivity contribution in [2.75, 3.05) is 7.11 Å². The van der Waals surface area contributed by atoms with E-state index in [9.17, 15) is 10.1 Å². The van der Waals surface area contributed by atoms with Crippen molar-refractivity contribution in [2.45, 2.75) is 6.61 Å². The van der Waals surface area contributed by atoms with E-state index >= 15 is 0 Å². The molecule has 104 valence electrons. The lowest BCUT2D eigenvalue weighted by Crippen LogP contribution is -1.98. The van der Waals surface area contributed by atoms with Crippen molar-refractivity contribution in [1.82, 2.24) is 0 Å². The molecule has 0 aromatic heterocycles. The van der Waals surface area contributed by atoms with Crippen molar-refractivity contribution in [3.63, 3.8) is 0 Å². The monoisotopic (exact) mass is 293 g/mol. The van der Waals surface area contributed by atoms with Crippen LogP contribution < -0.4 is 9.47 Å².